The number of phenolic OH excluding ortho intramolecular Hbond substituents is 1. The van der Waals surface area contributed by atoms with Gasteiger partial charge in [-0.3, -0.25) is 4.79 Å². The van der Waals surface area contributed by atoms with Gasteiger partial charge in [-0.1, -0.05) is 36.4 Å². The fourth-order valence-electron chi connectivity index (χ4n) is 2.26. The maximum Gasteiger partial charge on any atom is 0.252 e. The normalized spacial score (nSPS) is 11.1. The summed E-state index contributed by atoms with van der Waals surface area (Å²) in [7, 11) is 0. The van der Waals surface area contributed by atoms with Gasteiger partial charge in [0.05, 0.1) is 5.56 Å². The molecule has 0 saturated carbocycles. The fraction of sp³-hybridized carbons (Fsp3) is 0. The van der Waals surface area contributed by atoms with Crippen molar-refractivity contribution in [1.29, 1.82) is 0 Å². The minimum absolute atomic E-state index is 0.0325. The zero-order chi connectivity index (χ0) is 16.4. The lowest BCUT2D eigenvalue weighted by molar-refractivity contribution is 0.0998. The van der Waals surface area contributed by atoms with Crippen LogP contribution in [-0.4, -0.2) is 16.1 Å². The van der Waals surface area contributed by atoms with Gasteiger partial charge in [-0.15, -0.1) is 10.2 Å². The number of para-hydroxylation sites is 1. The average molecular weight is 307 g/mol. The molecule has 0 bridgehead atoms. The lowest BCUT2D eigenvalue weighted by atomic mass is 10.0. The lowest BCUT2D eigenvalue weighted by Gasteiger charge is -2.08. The number of amides is 1. The third-order valence-corrected chi connectivity index (χ3v) is 3.40. The summed E-state index contributed by atoms with van der Waals surface area (Å²) in [5.41, 5.74) is 5.64. The second-order valence-electron chi connectivity index (χ2n) is 4.90. The van der Waals surface area contributed by atoms with Gasteiger partial charge in [0.25, 0.3) is 5.91 Å². The van der Waals surface area contributed by atoms with Gasteiger partial charge in [-0.05, 0) is 23.6 Å². The Hall–Kier alpha value is -3.41. The minimum atomic E-state index is -0.757. The number of nitrogens with zero attached hydrogens (tertiary/aromatic N) is 2. The van der Waals surface area contributed by atoms with Crippen molar-refractivity contribution in [2.45, 2.75) is 0 Å². The van der Waals surface area contributed by atoms with Gasteiger partial charge in [0.15, 0.2) is 5.75 Å². The van der Waals surface area contributed by atoms with E-state index in [0.717, 1.165) is 0 Å². The van der Waals surface area contributed by atoms with Gasteiger partial charge in [-0.2, -0.15) is 0 Å². The number of phenols is 2. The van der Waals surface area contributed by atoms with Gasteiger partial charge >= 0.3 is 0 Å². The molecule has 23 heavy (non-hydrogen) atoms. The quantitative estimate of drug-likeness (QED) is 0.641. The van der Waals surface area contributed by atoms with Crippen molar-refractivity contribution in [3.05, 3.63) is 60.2 Å². The topological polar surface area (TPSA) is 108 Å². The smallest absolute Gasteiger partial charge is 0.252 e. The van der Waals surface area contributed by atoms with Crippen LogP contribution in [0.5, 0.6) is 11.5 Å². The van der Waals surface area contributed by atoms with Crippen LogP contribution in [0.2, 0.25) is 0 Å². The summed E-state index contributed by atoms with van der Waals surface area (Å²) >= 11 is 0. The summed E-state index contributed by atoms with van der Waals surface area (Å²) in [6, 6.07) is 15.0. The summed E-state index contributed by atoms with van der Waals surface area (Å²) in [4.78, 5) is 11.5. The largest absolute Gasteiger partial charge is 0.506 e. The number of benzene rings is 3. The van der Waals surface area contributed by atoms with E-state index in [1.807, 2.05) is 0 Å². The number of nitrogens with two attached hydrogens (primary N) is 1. The van der Waals surface area contributed by atoms with Crippen LogP contribution in [0.25, 0.3) is 10.8 Å². The van der Waals surface area contributed by atoms with Crippen LogP contribution < -0.4 is 5.73 Å². The lowest BCUT2D eigenvalue weighted by Crippen LogP contribution is -2.11. The van der Waals surface area contributed by atoms with Gasteiger partial charge in [0.2, 0.25) is 0 Å². The first kappa shape index (κ1) is 14.5. The average Bonchev–Trinajstić information content (AvgIpc) is 2.54. The highest BCUT2D eigenvalue weighted by atomic mass is 16.3. The van der Waals surface area contributed by atoms with Crippen LogP contribution in [0.1, 0.15) is 10.4 Å². The second kappa shape index (κ2) is 5.76. The second-order valence-corrected chi connectivity index (χ2v) is 4.90. The maximum absolute atomic E-state index is 11.5. The van der Waals surface area contributed by atoms with E-state index in [9.17, 15) is 15.0 Å². The molecule has 4 N–H and O–H groups in total. The zero-order valence-electron chi connectivity index (χ0n) is 12.0. The first-order chi connectivity index (χ1) is 11.1. The Balaban J connectivity index is 2.21. The minimum Gasteiger partial charge on any atom is -0.506 e. The highest BCUT2D eigenvalue weighted by Gasteiger charge is 2.16. The molecule has 3 aromatic rings. The van der Waals surface area contributed by atoms with E-state index in [4.69, 9.17) is 5.73 Å². The molecule has 0 atom stereocenters. The molecule has 3 aromatic carbocycles. The van der Waals surface area contributed by atoms with Crippen molar-refractivity contribution in [2.75, 3.05) is 0 Å². The zero-order valence-corrected chi connectivity index (χ0v) is 12.0. The third-order valence-electron chi connectivity index (χ3n) is 3.40. The molecule has 0 radical (unpaired) electrons. The van der Waals surface area contributed by atoms with Crippen molar-refractivity contribution in [3.63, 3.8) is 0 Å². The summed E-state index contributed by atoms with van der Waals surface area (Å²) < 4.78 is 0. The molecule has 0 saturated heterocycles. The van der Waals surface area contributed by atoms with Crippen molar-refractivity contribution < 1.29 is 15.0 Å². The Bertz CT molecular complexity index is 936. The molecule has 3 rings (SSSR count). The Morgan fingerprint density at radius 2 is 1.65 bits per heavy atom. The van der Waals surface area contributed by atoms with E-state index >= 15 is 0 Å². The molecule has 0 aromatic heterocycles. The summed E-state index contributed by atoms with van der Waals surface area (Å²) in [5, 5.41) is 29.3. The highest BCUT2D eigenvalue weighted by molar-refractivity contribution is 6.06. The first-order valence-electron chi connectivity index (χ1n) is 6.82. The Kier molecular flexibility index (Phi) is 3.64. The summed E-state index contributed by atoms with van der Waals surface area (Å²) in [6.07, 6.45) is 0. The van der Waals surface area contributed by atoms with Crippen LogP contribution in [0.15, 0.2) is 64.8 Å². The van der Waals surface area contributed by atoms with Gasteiger partial charge in [0.1, 0.15) is 17.1 Å². The molecule has 0 aliphatic rings. The van der Waals surface area contributed by atoms with E-state index in [1.165, 1.54) is 12.1 Å². The molecule has 0 fully saturated rings. The van der Waals surface area contributed by atoms with Crippen LogP contribution in [0.4, 0.5) is 11.4 Å². The molecular formula is C17H13N3O3. The van der Waals surface area contributed by atoms with Crippen molar-refractivity contribution in [2.24, 2.45) is 16.0 Å². The third kappa shape index (κ3) is 2.69. The molecule has 0 heterocycles. The molecule has 6 nitrogen and oxygen atoms in total. The van der Waals surface area contributed by atoms with E-state index in [-0.39, 0.29) is 28.4 Å². The van der Waals surface area contributed by atoms with Crippen LogP contribution >= 0.6 is 0 Å². The van der Waals surface area contributed by atoms with E-state index < -0.39 is 5.91 Å². The predicted octanol–water partition coefficient (Wildman–Crippen LogP) is 3.77. The van der Waals surface area contributed by atoms with E-state index in [2.05, 4.69) is 10.2 Å². The van der Waals surface area contributed by atoms with Crippen molar-refractivity contribution in [3.8, 4) is 11.5 Å². The molecule has 0 spiro atoms. The molecule has 6 heteroatoms. The summed E-state index contributed by atoms with van der Waals surface area (Å²) in [5.74, 6) is -1.13. The summed E-state index contributed by atoms with van der Waals surface area (Å²) in [6.45, 7) is 0. The highest BCUT2D eigenvalue weighted by Crippen LogP contribution is 2.39. The van der Waals surface area contributed by atoms with Crippen molar-refractivity contribution in [1.82, 2.24) is 0 Å². The number of rotatable bonds is 3. The number of carbonyl (C=O) groups is 1. The SMILES string of the molecule is NC(=O)c1cc2ccccc2c(N=Nc2ccccc2O)c1O. The number of aromatic hydroxyl groups is 2. The molecule has 0 unspecified atom stereocenters. The van der Waals surface area contributed by atoms with Crippen LogP contribution in [0.3, 0.4) is 0 Å². The Morgan fingerprint density at radius 1 is 0.957 bits per heavy atom. The van der Waals surface area contributed by atoms with E-state index in [0.29, 0.717) is 10.8 Å². The molecule has 114 valence electrons. The monoisotopic (exact) mass is 307 g/mol. The Labute approximate surface area is 131 Å². The number of azo groups is 1. The fourth-order valence-corrected chi connectivity index (χ4v) is 2.26. The van der Waals surface area contributed by atoms with Gasteiger partial charge in [0, 0.05) is 5.39 Å². The van der Waals surface area contributed by atoms with E-state index in [1.54, 1.807) is 42.5 Å². The van der Waals surface area contributed by atoms with Gasteiger partial charge < -0.3 is 15.9 Å². The van der Waals surface area contributed by atoms with Gasteiger partial charge in [-0.25, -0.2) is 0 Å². The molecule has 1 amide bonds. The number of hydrogen-bond donors (Lipinski definition) is 3. The molecular weight excluding hydrogens is 294 g/mol. The standard InChI is InChI=1S/C17H13N3O3/c18-17(23)12-9-10-5-1-2-6-11(10)15(16(12)22)20-19-13-7-3-4-8-14(13)21/h1-9,21-22H,(H2,18,23). The molecule has 0 aliphatic heterocycles. The van der Waals surface area contributed by atoms with Crippen molar-refractivity contribution >= 4 is 28.1 Å². The molecule has 0 aliphatic carbocycles. The Morgan fingerprint density at radius 3 is 2.39 bits per heavy atom. The number of carbonyl (C=O) groups excluding carboxylic acids is 1. The first-order valence-corrected chi connectivity index (χ1v) is 6.82. The number of fused-ring (bicyclic) bond motifs is 1. The number of hydrogen-bond acceptors (Lipinski definition) is 5. The predicted molar refractivity (Wildman–Crippen MR) is 86.4 cm³/mol. The number of primary amides is 1. The maximum atomic E-state index is 11.5. The van der Waals surface area contributed by atoms with Crippen LogP contribution in [0, 0.1) is 0 Å². The van der Waals surface area contributed by atoms with Crippen LogP contribution in [-0.2, 0) is 0 Å².